The molecule has 2 aromatic carbocycles. The van der Waals surface area contributed by atoms with Gasteiger partial charge < -0.3 is 34.1 Å². The number of carbonyl (C=O) groups excluding carboxylic acids is 2. The number of carbonyl (C=O) groups is 3. The fraction of sp³-hybridized carbons (Fsp3) is 0.433. The first-order valence-electron chi connectivity index (χ1n) is 13.4. The minimum Gasteiger partial charge on any atom is -0.493 e. The molecule has 210 valence electrons. The highest BCUT2D eigenvalue weighted by Gasteiger charge is 2.72. The molecule has 2 bridgehead atoms. The first kappa shape index (κ1) is 26.3. The van der Waals surface area contributed by atoms with Crippen molar-refractivity contribution in [2.24, 2.45) is 0 Å². The Bertz CT molecular complexity index is 1410. The predicted molar refractivity (Wildman–Crippen MR) is 140 cm³/mol. The molecule has 2 N–H and O–H groups in total. The van der Waals surface area contributed by atoms with E-state index in [4.69, 9.17) is 24.1 Å². The molecule has 0 aromatic heterocycles. The van der Waals surface area contributed by atoms with Crippen LogP contribution in [0.4, 0.5) is 0 Å². The largest absolute Gasteiger partial charge is 0.493 e. The van der Waals surface area contributed by atoms with Crippen molar-refractivity contribution in [3.8, 4) is 11.5 Å². The van der Waals surface area contributed by atoms with E-state index < -0.39 is 47.6 Å². The maximum atomic E-state index is 13.6. The van der Waals surface area contributed by atoms with E-state index in [9.17, 15) is 19.5 Å². The predicted octanol–water partition coefficient (Wildman–Crippen LogP) is 2.67. The number of ether oxygens (including phenoxy) is 4. The Kier molecular flexibility index (Phi) is 6.35. The smallest absolute Gasteiger partial charge is 0.357 e. The van der Waals surface area contributed by atoms with E-state index >= 15 is 0 Å². The number of nitrogens with zero attached hydrogens (tertiary/aromatic N) is 1. The highest BCUT2D eigenvalue weighted by molar-refractivity contribution is 5.83. The number of benzene rings is 2. The fourth-order valence-corrected chi connectivity index (χ4v) is 7.04. The fourth-order valence-electron chi connectivity index (χ4n) is 7.04. The van der Waals surface area contributed by atoms with Gasteiger partial charge in [0.15, 0.2) is 17.6 Å². The van der Waals surface area contributed by atoms with Gasteiger partial charge in [0, 0.05) is 23.6 Å². The summed E-state index contributed by atoms with van der Waals surface area (Å²) in [5.74, 6) is -1.48. The summed E-state index contributed by atoms with van der Waals surface area (Å²) in [6, 6.07) is 12.1. The Morgan fingerprint density at radius 1 is 1.15 bits per heavy atom. The van der Waals surface area contributed by atoms with Gasteiger partial charge in [-0.05, 0) is 44.1 Å². The second kappa shape index (κ2) is 9.64. The van der Waals surface area contributed by atoms with Gasteiger partial charge in [-0.15, -0.1) is 0 Å². The zero-order valence-electron chi connectivity index (χ0n) is 22.3. The number of likely N-dealkylation sites (tertiary alicyclic amines) is 1. The van der Waals surface area contributed by atoms with Crippen LogP contribution in [0.3, 0.4) is 0 Å². The van der Waals surface area contributed by atoms with Gasteiger partial charge in [-0.3, -0.25) is 9.59 Å². The molecule has 2 aliphatic heterocycles. The van der Waals surface area contributed by atoms with Crippen LogP contribution in [0.2, 0.25) is 0 Å². The third-order valence-corrected chi connectivity index (χ3v) is 8.89. The third kappa shape index (κ3) is 3.81. The number of likely N-dealkylation sites (N-methyl/N-ethyl adjacent to an activating group) is 1. The highest BCUT2D eigenvalue weighted by Crippen LogP contribution is 2.65. The Morgan fingerprint density at radius 2 is 1.93 bits per heavy atom. The van der Waals surface area contributed by atoms with E-state index in [1.807, 2.05) is 19.2 Å². The molecule has 40 heavy (non-hydrogen) atoms. The van der Waals surface area contributed by atoms with E-state index in [2.05, 4.69) is 4.90 Å². The molecule has 0 saturated carbocycles. The molecule has 0 radical (unpaired) electrons. The molecule has 6 rings (SSSR count). The monoisotopic (exact) mass is 549 g/mol. The van der Waals surface area contributed by atoms with Gasteiger partial charge in [0.2, 0.25) is 6.10 Å². The van der Waals surface area contributed by atoms with Crippen LogP contribution in [0.15, 0.2) is 54.3 Å². The third-order valence-electron chi connectivity index (χ3n) is 8.89. The van der Waals surface area contributed by atoms with E-state index in [0.717, 1.165) is 17.7 Å². The van der Waals surface area contributed by atoms with Crippen LogP contribution in [0.25, 0.3) is 0 Å². The molecule has 10 heteroatoms. The van der Waals surface area contributed by atoms with E-state index in [0.29, 0.717) is 29.9 Å². The molecule has 2 aromatic rings. The number of methoxy groups -OCH3 is 1. The van der Waals surface area contributed by atoms with Crippen LogP contribution in [-0.4, -0.2) is 71.5 Å². The van der Waals surface area contributed by atoms with Gasteiger partial charge >= 0.3 is 17.9 Å². The molecule has 0 unspecified atom stereocenters. The molecule has 4 aliphatic rings. The average molecular weight is 550 g/mol. The molecule has 2 aliphatic carbocycles. The first-order valence-corrected chi connectivity index (χ1v) is 13.4. The molecular formula is C30H31NO9. The van der Waals surface area contributed by atoms with Crippen LogP contribution in [0, 0.1) is 0 Å². The second-order valence-electron chi connectivity index (χ2n) is 10.9. The maximum absolute atomic E-state index is 13.6. The van der Waals surface area contributed by atoms with Crippen LogP contribution in [0.5, 0.6) is 11.5 Å². The highest BCUT2D eigenvalue weighted by atomic mass is 16.6. The number of carboxylic acid groups (broad SMARTS) is 1. The van der Waals surface area contributed by atoms with Crippen molar-refractivity contribution in [3.05, 3.63) is 71.0 Å². The molecule has 1 spiro atoms. The lowest BCUT2D eigenvalue weighted by molar-refractivity contribution is -0.176. The molecular weight excluding hydrogens is 518 g/mol. The van der Waals surface area contributed by atoms with Crippen molar-refractivity contribution in [2.45, 2.75) is 61.4 Å². The Hall–Kier alpha value is -3.89. The quantitative estimate of drug-likeness (QED) is 0.474. The summed E-state index contributed by atoms with van der Waals surface area (Å²) in [7, 11) is 3.58. The number of piperidine rings is 1. The van der Waals surface area contributed by atoms with E-state index in [1.54, 1.807) is 43.5 Å². The van der Waals surface area contributed by atoms with Crippen molar-refractivity contribution < 1.29 is 43.5 Å². The number of rotatable bonds is 8. The number of hydrogen-bond donors (Lipinski definition) is 2. The zero-order valence-corrected chi connectivity index (χ0v) is 22.3. The standard InChI is InChI=1S/C30H31NO9/c1-31-15-14-29-24-18-8-9-19(37-2)26(24)40-27(29)20(12-13-30(29,36)21(31)16-18)38-28(35)25(17-6-4-3-5-7-17)39-23(34)11-10-22(32)33/h3-9,12,21,25,27,36H,10-11,13-16H2,1-2H3,(H,32,33)/t21-,25-,27-,29-,30+/m0/s1. The molecule has 0 amide bonds. The van der Waals surface area contributed by atoms with Crippen LogP contribution in [-0.2, 0) is 35.7 Å². The molecule has 1 saturated heterocycles. The van der Waals surface area contributed by atoms with Gasteiger partial charge in [0.1, 0.15) is 5.76 Å². The summed E-state index contributed by atoms with van der Waals surface area (Å²) in [5, 5.41) is 21.3. The summed E-state index contributed by atoms with van der Waals surface area (Å²) in [4.78, 5) is 39.2. The van der Waals surface area contributed by atoms with Crippen molar-refractivity contribution in [2.75, 3.05) is 20.7 Å². The number of aliphatic carboxylic acids is 1. The van der Waals surface area contributed by atoms with Gasteiger partial charge in [0.05, 0.1) is 31.0 Å². The number of carboxylic acids is 1. The van der Waals surface area contributed by atoms with Gasteiger partial charge in [-0.25, -0.2) is 4.79 Å². The molecule has 5 atom stereocenters. The maximum Gasteiger partial charge on any atom is 0.357 e. The minimum absolute atomic E-state index is 0.153. The summed E-state index contributed by atoms with van der Waals surface area (Å²) in [6.45, 7) is 0.720. The van der Waals surface area contributed by atoms with Crippen molar-refractivity contribution in [1.82, 2.24) is 4.90 Å². The second-order valence-corrected chi connectivity index (χ2v) is 10.9. The topological polar surface area (TPSA) is 132 Å². The van der Waals surface area contributed by atoms with E-state index in [-0.39, 0.29) is 24.6 Å². The van der Waals surface area contributed by atoms with Crippen LogP contribution < -0.4 is 9.47 Å². The van der Waals surface area contributed by atoms with Crippen LogP contribution >= 0.6 is 0 Å². The minimum atomic E-state index is -1.41. The zero-order chi connectivity index (χ0) is 28.2. The van der Waals surface area contributed by atoms with E-state index in [1.165, 1.54) is 0 Å². The van der Waals surface area contributed by atoms with Crippen molar-refractivity contribution in [1.29, 1.82) is 0 Å². The lowest BCUT2D eigenvalue weighted by Crippen LogP contribution is -2.74. The molecule has 10 nitrogen and oxygen atoms in total. The van der Waals surface area contributed by atoms with Crippen molar-refractivity contribution in [3.63, 3.8) is 0 Å². The number of aliphatic hydroxyl groups is 1. The molecule has 1 fully saturated rings. The van der Waals surface area contributed by atoms with Gasteiger partial charge in [-0.2, -0.15) is 0 Å². The summed E-state index contributed by atoms with van der Waals surface area (Å²) >= 11 is 0. The van der Waals surface area contributed by atoms with Gasteiger partial charge in [0.25, 0.3) is 0 Å². The number of hydrogen-bond acceptors (Lipinski definition) is 9. The Morgan fingerprint density at radius 3 is 2.65 bits per heavy atom. The lowest BCUT2D eigenvalue weighted by atomic mass is 9.50. The average Bonchev–Trinajstić information content (AvgIpc) is 3.30. The lowest BCUT2D eigenvalue weighted by Gasteiger charge is -2.61. The summed E-state index contributed by atoms with van der Waals surface area (Å²) in [6.07, 6.45) is 0.166. The van der Waals surface area contributed by atoms with Gasteiger partial charge in [-0.1, -0.05) is 36.4 Å². The summed E-state index contributed by atoms with van der Waals surface area (Å²) < 4.78 is 23.5. The van der Waals surface area contributed by atoms with Crippen LogP contribution in [0.1, 0.15) is 48.5 Å². The van der Waals surface area contributed by atoms with Crippen molar-refractivity contribution >= 4 is 17.9 Å². The number of esters is 2. The SMILES string of the molecule is COc1ccc2c3c1O[C@H]1C(OC(=O)[C@@H](OC(=O)CCC(=O)O)c4ccccc4)=CC[C@@]4(O)[C@H](C2)N(C)CC[C@]314. The normalized spacial score (nSPS) is 28.4. The molecule has 2 heterocycles. The Balaban J connectivity index is 1.36. The summed E-state index contributed by atoms with van der Waals surface area (Å²) in [5.41, 5.74) is 0.352. The first-order chi connectivity index (χ1) is 19.2. The Labute approximate surface area is 231 Å².